The van der Waals surface area contributed by atoms with Crippen LogP contribution in [-0.4, -0.2) is 55.9 Å². The average Bonchev–Trinajstić information content (AvgIpc) is 2.91. The smallest absolute Gasteiger partial charge is 0.303 e. The Morgan fingerprint density at radius 3 is 2.22 bits per heavy atom. The number of sulfone groups is 1. The van der Waals surface area contributed by atoms with Crippen LogP contribution in [0.15, 0.2) is 0 Å². The topological polar surface area (TPSA) is 91.8 Å². The van der Waals surface area contributed by atoms with Crippen molar-refractivity contribution in [3.63, 3.8) is 0 Å². The van der Waals surface area contributed by atoms with E-state index in [0.29, 0.717) is 12.8 Å². The molecular weight excluding hydrogens is 258 g/mol. The van der Waals surface area contributed by atoms with Crippen molar-refractivity contribution >= 4 is 21.7 Å². The van der Waals surface area contributed by atoms with Crippen molar-refractivity contribution in [3.8, 4) is 0 Å². The fraction of sp³-hybridized carbons (Fsp3) is 0.818. The third kappa shape index (κ3) is 4.64. The van der Waals surface area contributed by atoms with Crippen molar-refractivity contribution < 1.29 is 23.1 Å². The molecule has 0 aromatic carbocycles. The molecule has 1 rings (SSSR count). The summed E-state index contributed by atoms with van der Waals surface area (Å²) in [4.78, 5) is 23.3. The van der Waals surface area contributed by atoms with E-state index in [4.69, 9.17) is 5.11 Å². The van der Waals surface area contributed by atoms with E-state index >= 15 is 0 Å². The number of aliphatic carboxylic acids is 1. The fourth-order valence-electron chi connectivity index (χ4n) is 1.87. The van der Waals surface area contributed by atoms with E-state index in [9.17, 15) is 18.0 Å². The molecule has 6 nitrogen and oxygen atoms in total. The van der Waals surface area contributed by atoms with Crippen LogP contribution in [0.3, 0.4) is 0 Å². The minimum absolute atomic E-state index is 0.0432. The van der Waals surface area contributed by atoms with Gasteiger partial charge >= 0.3 is 5.97 Å². The molecule has 7 heteroatoms. The molecule has 0 aliphatic heterocycles. The second-order valence-corrected chi connectivity index (χ2v) is 7.38. The molecule has 1 aliphatic rings. The van der Waals surface area contributed by atoms with Crippen LogP contribution in [0.25, 0.3) is 0 Å². The minimum Gasteiger partial charge on any atom is -0.481 e. The molecule has 0 aromatic rings. The molecule has 1 aliphatic carbocycles. The van der Waals surface area contributed by atoms with Gasteiger partial charge in [0.2, 0.25) is 5.91 Å². The lowest BCUT2D eigenvalue weighted by atomic mass is 10.1. The highest BCUT2D eigenvalue weighted by atomic mass is 32.2. The van der Waals surface area contributed by atoms with Gasteiger partial charge in [-0.05, 0) is 18.3 Å². The van der Waals surface area contributed by atoms with Gasteiger partial charge in [0.25, 0.3) is 0 Å². The molecule has 0 unspecified atom stereocenters. The predicted octanol–water partition coefficient (Wildman–Crippen LogP) is 0.134. The van der Waals surface area contributed by atoms with Crippen LogP contribution < -0.4 is 0 Å². The third-order valence-corrected chi connectivity index (χ3v) is 5.01. The number of carboxylic acid groups (broad SMARTS) is 1. The second kappa shape index (κ2) is 5.26. The van der Waals surface area contributed by atoms with E-state index in [2.05, 4.69) is 0 Å². The lowest BCUT2D eigenvalue weighted by Crippen LogP contribution is -2.27. The molecule has 0 bridgehead atoms. The number of hydrogen-bond donors (Lipinski definition) is 1. The maximum absolute atomic E-state index is 11.8. The largest absolute Gasteiger partial charge is 0.481 e. The summed E-state index contributed by atoms with van der Waals surface area (Å²) in [5, 5.41) is 8.72. The van der Waals surface area contributed by atoms with Gasteiger partial charge in [0.1, 0.15) is 0 Å². The zero-order valence-corrected chi connectivity index (χ0v) is 11.5. The Labute approximate surface area is 107 Å². The first-order valence-corrected chi connectivity index (χ1v) is 7.60. The monoisotopic (exact) mass is 277 g/mol. The number of carbonyl (C=O) groups is 2. The van der Waals surface area contributed by atoms with E-state index in [1.807, 2.05) is 0 Å². The first kappa shape index (κ1) is 14.9. The second-order valence-electron chi connectivity index (χ2n) is 5.20. The van der Waals surface area contributed by atoms with Crippen LogP contribution in [0.4, 0.5) is 0 Å². The number of carbonyl (C=O) groups excluding carboxylic acids is 1. The van der Waals surface area contributed by atoms with Crippen molar-refractivity contribution in [2.45, 2.75) is 25.7 Å². The van der Waals surface area contributed by atoms with Gasteiger partial charge in [-0.25, -0.2) is 8.42 Å². The molecule has 0 spiro atoms. The molecule has 1 fully saturated rings. The van der Waals surface area contributed by atoms with Crippen LogP contribution in [0, 0.1) is 5.41 Å². The standard InChI is InChI=1S/C11H19NO5S/c1-12(2)9(13)3-6-18(16,17)8-11(4-5-11)7-10(14)15/h3-8H2,1-2H3,(H,14,15). The summed E-state index contributed by atoms with van der Waals surface area (Å²) in [6.45, 7) is 0. The van der Waals surface area contributed by atoms with Crippen molar-refractivity contribution in [2.24, 2.45) is 5.41 Å². The number of hydrogen-bond acceptors (Lipinski definition) is 4. The first-order chi connectivity index (χ1) is 8.16. The summed E-state index contributed by atoms with van der Waals surface area (Å²) in [7, 11) is -0.219. The Bertz CT molecular complexity index is 436. The summed E-state index contributed by atoms with van der Waals surface area (Å²) in [5.41, 5.74) is -0.578. The molecular formula is C11H19NO5S. The molecule has 18 heavy (non-hydrogen) atoms. The van der Waals surface area contributed by atoms with Crippen molar-refractivity contribution in [2.75, 3.05) is 25.6 Å². The maximum atomic E-state index is 11.8. The number of amides is 1. The Hall–Kier alpha value is -1.11. The van der Waals surface area contributed by atoms with E-state index in [-0.39, 0.29) is 30.3 Å². The van der Waals surface area contributed by atoms with E-state index in [1.54, 1.807) is 14.1 Å². The van der Waals surface area contributed by atoms with Crippen LogP contribution >= 0.6 is 0 Å². The van der Waals surface area contributed by atoms with Gasteiger partial charge < -0.3 is 10.0 Å². The molecule has 0 saturated heterocycles. The molecule has 1 saturated carbocycles. The lowest BCUT2D eigenvalue weighted by Gasteiger charge is -2.14. The Morgan fingerprint density at radius 2 is 1.83 bits per heavy atom. The van der Waals surface area contributed by atoms with Crippen molar-refractivity contribution in [1.29, 1.82) is 0 Å². The first-order valence-electron chi connectivity index (χ1n) is 5.78. The molecule has 0 radical (unpaired) electrons. The zero-order chi connectivity index (χ0) is 14.0. The Balaban J connectivity index is 2.50. The highest BCUT2D eigenvalue weighted by Gasteiger charge is 2.47. The van der Waals surface area contributed by atoms with E-state index < -0.39 is 21.2 Å². The highest BCUT2D eigenvalue weighted by Crippen LogP contribution is 2.49. The molecule has 1 N–H and O–H groups in total. The van der Waals surface area contributed by atoms with Crippen LogP contribution in [0.5, 0.6) is 0 Å². The SMILES string of the molecule is CN(C)C(=O)CCS(=O)(=O)CC1(CC(=O)O)CC1. The van der Waals surface area contributed by atoms with E-state index in [1.165, 1.54) is 4.90 Å². The fourth-order valence-corrected chi connectivity index (χ4v) is 3.83. The van der Waals surface area contributed by atoms with Crippen molar-refractivity contribution in [1.82, 2.24) is 4.90 Å². The summed E-state index contributed by atoms with van der Waals surface area (Å²) in [5.74, 6) is -1.52. The van der Waals surface area contributed by atoms with Crippen molar-refractivity contribution in [3.05, 3.63) is 0 Å². The molecule has 0 aromatic heterocycles. The maximum Gasteiger partial charge on any atom is 0.303 e. The van der Waals surface area contributed by atoms with Crippen LogP contribution in [0.2, 0.25) is 0 Å². The third-order valence-electron chi connectivity index (χ3n) is 3.14. The normalized spacial score (nSPS) is 17.2. The number of rotatable bonds is 7. The predicted molar refractivity (Wildman–Crippen MR) is 65.9 cm³/mol. The summed E-state index contributed by atoms with van der Waals surface area (Å²) >= 11 is 0. The van der Waals surface area contributed by atoms with Gasteiger partial charge in [-0.3, -0.25) is 9.59 Å². The minimum atomic E-state index is -3.36. The number of carboxylic acids is 1. The molecule has 1 amide bonds. The Morgan fingerprint density at radius 1 is 1.28 bits per heavy atom. The molecule has 0 heterocycles. The summed E-state index contributed by atoms with van der Waals surface area (Å²) < 4.78 is 23.7. The van der Waals surface area contributed by atoms with Crippen LogP contribution in [-0.2, 0) is 19.4 Å². The summed E-state index contributed by atoms with van der Waals surface area (Å²) in [6, 6.07) is 0. The highest BCUT2D eigenvalue weighted by molar-refractivity contribution is 7.91. The van der Waals surface area contributed by atoms with Gasteiger partial charge in [0, 0.05) is 20.5 Å². The van der Waals surface area contributed by atoms with E-state index in [0.717, 1.165) is 0 Å². The molecule has 0 atom stereocenters. The molecule has 104 valence electrons. The van der Waals surface area contributed by atoms with Gasteiger partial charge in [0.05, 0.1) is 17.9 Å². The van der Waals surface area contributed by atoms with Gasteiger partial charge in [-0.15, -0.1) is 0 Å². The quantitative estimate of drug-likeness (QED) is 0.714. The average molecular weight is 277 g/mol. The van der Waals surface area contributed by atoms with Gasteiger partial charge in [0.15, 0.2) is 9.84 Å². The Kier molecular flexibility index (Phi) is 4.37. The zero-order valence-electron chi connectivity index (χ0n) is 10.7. The summed E-state index contributed by atoms with van der Waals surface area (Å²) in [6.07, 6.45) is 1.13. The number of nitrogens with zero attached hydrogens (tertiary/aromatic N) is 1. The van der Waals surface area contributed by atoms with Crippen LogP contribution in [0.1, 0.15) is 25.7 Å². The van der Waals surface area contributed by atoms with Gasteiger partial charge in [-0.1, -0.05) is 0 Å². The van der Waals surface area contributed by atoms with Gasteiger partial charge in [-0.2, -0.15) is 0 Å². The lowest BCUT2D eigenvalue weighted by molar-refractivity contribution is -0.138.